The Labute approximate surface area is 181 Å². The number of rotatable bonds is 7. The second-order valence-electron chi connectivity index (χ2n) is 7.43. The van der Waals surface area contributed by atoms with Gasteiger partial charge in [0.2, 0.25) is 5.88 Å². The van der Waals surface area contributed by atoms with Crippen molar-refractivity contribution in [2.45, 2.75) is 19.8 Å². The molecule has 4 rings (SSSR count). The second-order valence-corrected chi connectivity index (χ2v) is 7.43. The van der Waals surface area contributed by atoms with Gasteiger partial charge >= 0.3 is 0 Å². The maximum Gasteiger partial charge on any atom is 0.230 e. The lowest BCUT2D eigenvalue weighted by atomic mass is 10.0. The molecule has 1 aromatic heterocycles. The van der Waals surface area contributed by atoms with Gasteiger partial charge in [0.25, 0.3) is 0 Å². The van der Waals surface area contributed by atoms with E-state index in [1.165, 1.54) is 11.9 Å². The minimum atomic E-state index is 0.455. The van der Waals surface area contributed by atoms with E-state index < -0.39 is 0 Å². The molecule has 0 saturated heterocycles. The summed E-state index contributed by atoms with van der Waals surface area (Å²) in [7, 11) is 3.19. The summed E-state index contributed by atoms with van der Waals surface area (Å²) in [5.74, 6) is 2.85. The molecule has 31 heavy (non-hydrogen) atoms. The highest BCUT2D eigenvalue weighted by molar-refractivity contribution is 5.87. The van der Waals surface area contributed by atoms with Crippen molar-refractivity contribution in [2.75, 3.05) is 19.5 Å². The SMILES string of the molecule is COc1cc2ncnc(Oc3ccc(Nc4ccc(C(C)C)cc4)cc3)c2cc1OC. The zero-order valence-corrected chi connectivity index (χ0v) is 18.0. The molecule has 0 amide bonds. The predicted molar refractivity (Wildman–Crippen MR) is 123 cm³/mol. The molecule has 0 unspecified atom stereocenters. The molecular formula is C25H25N3O3. The van der Waals surface area contributed by atoms with Crippen LogP contribution in [0.4, 0.5) is 11.4 Å². The standard InChI is InChI=1S/C25H25N3O3/c1-16(2)17-5-7-18(8-6-17)28-19-9-11-20(12-10-19)31-25-21-13-23(29-3)24(30-4)14-22(21)26-15-27-25/h5-16,28H,1-4H3. The van der Waals surface area contributed by atoms with E-state index in [0.717, 1.165) is 16.8 Å². The third-order valence-corrected chi connectivity index (χ3v) is 5.04. The van der Waals surface area contributed by atoms with Crippen LogP contribution in [0.15, 0.2) is 67.0 Å². The number of ether oxygens (including phenoxy) is 3. The van der Waals surface area contributed by atoms with Gasteiger partial charge < -0.3 is 19.5 Å². The van der Waals surface area contributed by atoms with Gasteiger partial charge in [-0.3, -0.25) is 0 Å². The van der Waals surface area contributed by atoms with E-state index in [2.05, 4.69) is 53.4 Å². The van der Waals surface area contributed by atoms with E-state index >= 15 is 0 Å². The van der Waals surface area contributed by atoms with Crippen LogP contribution in [0, 0.1) is 0 Å². The Morgan fingerprint density at radius 2 is 1.39 bits per heavy atom. The molecule has 0 atom stereocenters. The molecular weight excluding hydrogens is 390 g/mol. The largest absolute Gasteiger partial charge is 0.493 e. The summed E-state index contributed by atoms with van der Waals surface area (Å²) in [6.07, 6.45) is 1.47. The lowest BCUT2D eigenvalue weighted by molar-refractivity contribution is 0.355. The number of hydrogen-bond acceptors (Lipinski definition) is 6. The Kier molecular flexibility index (Phi) is 5.89. The molecule has 3 aromatic carbocycles. The molecule has 0 aliphatic rings. The van der Waals surface area contributed by atoms with Crippen LogP contribution < -0.4 is 19.5 Å². The van der Waals surface area contributed by atoms with E-state index in [-0.39, 0.29) is 0 Å². The fourth-order valence-corrected chi connectivity index (χ4v) is 3.28. The molecule has 6 heteroatoms. The van der Waals surface area contributed by atoms with Crippen molar-refractivity contribution in [1.82, 2.24) is 9.97 Å². The monoisotopic (exact) mass is 415 g/mol. The second kappa shape index (κ2) is 8.92. The molecule has 158 valence electrons. The summed E-state index contributed by atoms with van der Waals surface area (Å²) in [5.41, 5.74) is 4.05. The molecule has 0 bridgehead atoms. The topological polar surface area (TPSA) is 65.5 Å². The van der Waals surface area contributed by atoms with Crippen LogP contribution in [0.5, 0.6) is 23.1 Å². The molecule has 0 aliphatic heterocycles. The van der Waals surface area contributed by atoms with Gasteiger partial charge in [-0.15, -0.1) is 0 Å². The first-order valence-corrected chi connectivity index (χ1v) is 10.1. The fourth-order valence-electron chi connectivity index (χ4n) is 3.28. The molecule has 0 saturated carbocycles. The van der Waals surface area contributed by atoms with Crippen molar-refractivity contribution in [3.63, 3.8) is 0 Å². The Balaban J connectivity index is 1.53. The summed E-state index contributed by atoms with van der Waals surface area (Å²) in [5, 5.41) is 4.15. The predicted octanol–water partition coefficient (Wildman–Crippen LogP) is 6.31. The number of fused-ring (bicyclic) bond motifs is 1. The summed E-state index contributed by atoms with van der Waals surface area (Å²) in [4.78, 5) is 8.61. The zero-order valence-electron chi connectivity index (χ0n) is 18.0. The quantitative estimate of drug-likeness (QED) is 0.382. The van der Waals surface area contributed by atoms with Gasteiger partial charge in [-0.05, 0) is 53.9 Å². The zero-order chi connectivity index (χ0) is 21.8. The maximum absolute atomic E-state index is 6.04. The van der Waals surface area contributed by atoms with Crippen LogP contribution in [0.1, 0.15) is 25.3 Å². The Morgan fingerprint density at radius 1 is 0.774 bits per heavy atom. The fraction of sp³-hybridized carbons (Fsp3) is 0.200. The van der Waals surface area contributed by atoms with E-state index in [4.69, 9.17) is 14.2 Å². The van der Waals surface area contributed by atoms with Crippen LogP contribution >= 0.6 is 0 Å². The van der Waals surface area contributed by atoms with Crippen molar-refractivity contribution in [3.8, 4) is 23.1 Å². The van der Waals surface area contributed by atoms with Crippen molar-refractivity contribution in [3.05, 3.63) is 72.6 Å². The first kappa shape index (κ1) is 20.5. The third-order valence-electron chi connectivity index (χ3n) is 5.04. The van der Waals surface area contributed by atoms with Crippen LogP contribution in [-0.4, -0.2) is 24.2 Å². The third kappa shape index (κ3) is 4.53. The van der Waals surface area contributed by atoms with Crippen molar-refractivity contribution < 1.29 is 14.2 Å². The first-order valence-electron chi connectivity index (χ1n) is 10.1. The highest BCUT2D eigenvalue weighted by Gasteiger charge is 2.12. The number of nitrogens with one attached hydrogen (secondary N) is 1. The van der Waals surface area contributed by atoms with Crippen LogP contribution in [0.3, 0.4) is 0 Å². The molecule has 0 radical (unpaired) electrons. The summed E-state index contributed by atoms with van der Waals surface area (Å²) >= 11 is 0. The number of nitrogens with zero attached hydrogens (tertiary/aromatic N) is 2. The number of methoxy groups -OCH3 is 2. The van der Waals surface area contributed by atoms with Crippen LogP contribution in [-0.2, 0) is 0 Å². The lowest BCUT2D eigenvalue weighted by Crippen LogP contribution is -1.95. The number of aromatic nitrogens is 2. The minimum absolute atomic E-state index is 0.455. The van der Waals surface area contributed by atoms with Crippen LogP contribution in [0.2, 0.25) is 0 Å². The number of hydrogen-bond donors (Lipinski definition) is 1. The molecule has 4 aromatic rings. The average molecular weight is 415 g/mol. The Hall–Kier alpha value is -3.80. The molecule has 0 spiro atoms. The van der Waals surface area contributed by atoms with Crippen molar-refractivity contribution in [1.29, 1.82) is 0 Å². The van der Waals surface area contributed by atoms with E-state index in [1.807, 2.05) is 30.3 Å². The highest BCUT2D eigenvalue weighted by Crippen LogP contribution is 2.36. The smallest absolute Gasteiger partial charge is 0.230 e. The van der Waals surface area contributed by atoms with Gasteiger partial charge in [0.1, 0.15) is 12.1 Å². The van der Waals surface area contributed by atoms with Gasteiger partial charge in [0.15, 0.2) is 11.5 Å². The minimum Gasteiger partial charge on any atom is -0.493 e. The van der Waals surface area contributed by atoms with Gasteiger partial charge in [0, 0.05) is 17.4 Å². The molecule has 0 aliphatic carbocycles. The number of benzene rings is 3. The van der Waals surface area contributed by atoms with Gasteiger partial charge in [-0.1, -0.05) is 26.0 Å². The number of anilines is 2. The highest BCUT2D eigenvalue weighted by atomic mass is 16.5. The van der Waals surface area contributed by atoms with Gasteiger partial charge in [-0.2, -0.15) is 0 Å². The van der Waals surface area contributed by atoms with Gasteiger partial charge in [0.05, 0.1) is 25.1 Å². The Bertz CT molecular complexity index is 1170. The van der Waals surface area contributed by atoms with E-state index in [9.17, 15) is 0 Å². The summed E-state index contributed by atoms with van der Waals surface area (Å²) in [6.45, 7) is 4.38. The molecule has 0 fully saturated rings. The first-order chi connectivity index (χ1) is 15.1. The van der Waals surface area contributed by atoms with E-state index in [0.29, 0.717) is 34.6 Å². The molecule has 1 heterocycles. The van der Waals surface area contributed by atoms with Crippen molar-refractivity contribution >= 4 is 22.3 Å². The van der Waals surface area contributed by atoms with Crippen molar-refractivity contribution in [2.24, 2.45) is 0 Å². The average Bonchev–Trinajstić information content (AvgIpc) is 2.80. The lowest BCUT2D eigenvalue weighted by Gasteiger charge is -2.12. The van der Waals surface area contributed by atoms with E-state index in [1.54, 1.807) is 20.3 Å². The summed E-state index contributed by atoms with van der Waals surface area (Å²) < 4.78 is 16.8. The molecule has 1 N–H and O–H groups in total. The normalized spacial score (nSPS) is 10.9. The Morgan fingerprint density at radius 3 is 2.00 bits per heavy atom. The maximum atomic E-state index is 6.04. The summed E-state index contributed by atoms with van der Waals surface area (Å²) in [6, 6.07) is 19.8. The molecule has 6 nitrogen and oxygen atoms in total. The van der Waals surface area contributed by atoms with Gasteiger partial charge in [-0.25, -0.2) is 9.97 Å². The van der Waals surface area contributed by atoms with Crippen LogP contribution in [0.25, 0.3) is 10.9 Å².